The number of halogens is 1. The fourth-order valence-corrected chi connectivity index (χ4v) is 2.60. The van der Waals surface area contributed by atoms with E-state index in [2.05, 4.69) is 21.2 Å². The van der Waals surface area contributed by atoms with Gasteiger partial charge in [0.1, 0.15) is 6.29 Å². The molecule has 7 heteroatoms. The molecule has 0 amide bonds. The number of nitro groups is 1. The third kappa shape index (κ3) is 2.99. The molecule has 19 heavy (non-hydrogen) atoms. The molecule has 0 aliphatic carbocycles. The number of hydrogen-bond acceptors (Lipinski definition) is 5. The monoisotopic (exact) mass is 328 g/mol. The highest BCUT2D eigenvalue weighted by Crippen LogP contribution is 2.30. The van der Waals surface area contributed by atoms with Gasteiger partial charge in [0.2, 0.25) is 0 Å². The van der Waals surface area contributed by atoms with Crippen LogP contribution in [-0.2, 0) is 15.1 Å². The van der Waals surface area contributed by atoms with Crippen LogP contribution in [0.1, 0.15) is 12.5 Å². The van der Waals surface area contributed by atoms with Crippen LogP contribution in [-0.4, -0.2) is 30.5 Å². The molecule has 1 aliphatic rings. The van der Waals surface area contributed by atoms with Crippen LogP contribution in [0.25, 0.3) is 0 Å². The SMILES string of the molecule is C[C@@]1(c2cc(Br)cc([N+](=O)[O-])c2)COCC(C=O)N1. The molecule has 1 fully saturated rings. The van der Waals surface area contributed by atoms with Crippen LogP contribution in [0, 0.1) is 10.1 Å². The molecule has 1 saturated heterocycles. The Bertz CT molecular complexity index is 522. The minimum atomic E-state index is -0.627. The van der Waals surface area contributed by atoms with Gasteiger partial charge in [0.15, 0.2) is 0 Å². The van der Waals surface area contributed by atoms with Crippen molar-refractivity contribution in [3.8, 4) is 0 Å². The summed E-state index contributed by atoms with van der Waals surface area (Å²) in [4.78, 5) is 21.3. The third-order valence-electron chi connectivity index (χ3n) is 3.09. The summed E-state index contributed by atoms with van der Waals surface area (Å²) in [6.07, 6.45) is 0.782. The lowest BCUT2D eigenvalue weighted by Gasteiger charge is -2.38. The number of carbonyl (C=O) groups excluding carboxylic acids is 1. The summed E-state index contributed by atoms with van der Waals surface area (Å²) in [5.74, 6) is 0. The largest absolute Gasteiger partial charge is 0.377 e. The van der Waals surface area contributed by atoms with Crippen LogP contribution in [0.2, 0.25) is 0 Å². The van der Waals surface area contributed by atoms with Crippen LogP contribution in [0.3, 0.4) is 0 Å². The lowest BCUT2D eigenvalue weighted by Crippen LogP contribution is -2.55. The summed E-state index contributed by atoms with van der Waals surface area (Å²) in [6, 6.07) is 4.32. The van der Waals surface area contributed by atoms with Crippen LogP contribution in [0.5, 0.6) is 0 Å². The van der Waals surface area contributed by atoms with E-state index in [4.69, 9.17) is 4.74 Å². The zero-order valence-electron chi connectivity index (χ0n) is 10.3. The first-order valence-electron chi connectivity index (χ1n) is 5.71. The van der Waals surface area contributed by atoms with Crippen LogP contribution in [0.4, 0.5) is 5.69 Å². The summed E-state index contributed by atoms with van der Waals surface area (Å²) in [5, 5.41) is 14.0. The van der Waals surface area contributed by atoms with Crippen molar-refractivity contribution in [3.05, 3.63) is 38.3 Å². The predicted octanol–water partition coefficient (Wildman–Crippen LogP) is 1.76. The number of hydrogen-bond donors (Lipinski definition) is 1. The Labute approximate surface area is 118 Å². The topological polar surface area (TPSA) is 81.5 Å². The lowest BCUT2D eigenvalue weighted by molar-refractivity contribution is -0.385. The van der Waals surface area contributed by atoms with Gasteiger partial charge in [-0.25, -0.2) is 0 Å². The Balaban J connectivity index is 2.39. The highest BCUT2D eigenvalue weighted by molar-refractivity contribution is 9.10. The number of nitro benzene ring substituents is 1. The van der Waals surface area contributed by atoms with E-state index in [0.717, 1.165) is 6.29 Å². The molecule has 102 valence electrons. The van der Waals surface area contributed by atoms with Crippen molar-refractivity contribution < 1.29 is 14.5 Å². The van der Waals surface area contributed by atoms with Crippen molar-refractivity contribution in [2.75, 3.05) is 13.2 Å². The van der Waals surface area contributed by atoms with Gasteiger partial charge in [0.25, 0.3) is 5.69 Å². The van der Waals surface area contributed by atoms with Crippen molar-refractivity contribution in [1.29, 1.82) is 0 Å². The second kappa shape index (κ2) is 5.36. The molecule has 0 bridgehead atoms. The molecule has 1 aromatic carbocycles. The fourth-order valence-electron chi connectivity index (χ4n) is 2.12. The minimum Gasteiger partial charge on any atom is -0.377 e. The molecule has 1 N–H and O–H groups in total. The van der Waals surface area contributed by atoms with Gasteiger partial charge < -0.3 is 9.53 Å². The average molecular weight is 329 g/mol. The number of nitrogens with zero attached hydrogens (tertiary/aromatic N) is 1. The Morgan fingerprint density at radius 3 is 2.95 bits per heavy atom. The number of benzene rings is 1. The Morgan fingerprint density at radius 1 is 1.58 bits per heavy atom. The molecular weight excluding hydrogens is 316 g/mol. The van der Waals surface area contributed by atoms with Crippen LogP contribution in [0.15, 0.2) is 22.7 Å². The Hall–Kier alpha value is -1.31. The van der Waals surface area contributed by atoms with E-state index in [9.17, 15) is 14.9 Å². The predicted molar refractivity (Wildman–Crippen MR) is 72.0 cm³/mol. The second-order valence-electron chi connectivity index (χ2n) is 4.69. The van der Waals surface area contributed by atoms with E-state index in [1.54, 1.807) is 6.07 Å². The number of morpholine rings is 1. The third-order valence-corrected chi connectivity index (χ3v) is 3.54. The zero-order chi connectivity index (χ0) is 14.0. The van der Waals surface area contributed by atoms with Gasteiger partial charge in [-0.15, -0.1) is 0 Å². The van der Waals surface area contributed by atoms with Crippen molar-refractivity contribution in [2.24, 2.45) is 0 Å². The van der Waals surface area contributed by atoms with Crippen molar-refractivity contribution in [2.45, 2.75) is 18.5 Å². The maximum atomic E-state index is 10.9. The van der Waals surface area contributed by atoms with E-state index in [-0.39, 0.29) is 5.69 Å². The second-order valence-corrected chi connectivity index (χ2v) is 5.61. The van der Waals surface area contributed by atoms with E-state index < -0.39 is 16.5 Å². The van der Waals surface area contributed by atoms with E-state index in [1.165, 1.54) is 12.1 Å². The average Bonchev–Trinajstić information content (AvgIpc) is 2.38. The first-order chi connectivity index (χ1) is 8.94. The minimum absolute atomic E-state index is 0.000580. The number of nitrogens with one attached hydrogen (secondary N) is 1. The molecule has 0 aromatic heterocycles. The fraction of sp³-hybridized carbons (Fsp3) is 0.417. The maximum absolute atomic E-state index is 10.9. The summed E-state index contributed by atoms with van der Waals surface area (Å²) in [5.41, 5.74) is 0.0824. The molecule has 0 saturated carbocycles. The first-order valence-corrected chi connectivity index (χ1v) is 6.50. The van der Waals surface area contributed by atoms with Crippen molar-refractivity contribution >= 4 is 27.9 Å². The molecule has 6 nitrogen and oxygen atoms in total. The van der Waals surface area contributed by atoms with Crippen molar-refractivity contribution in [1.82, 2.24) is 5.32 Å². The summed E-state index contributed by atoms with van der Waals surface area (Å²) in [7, 11) is 0. The standard InChI is InChI=1S/C12H13BrN2O4/c1-12(7-19-6-10(5-16)14-12)8-2-9(13)4-11(3-8)15(17)18/h2-5,10,14H,6-7H2,1H3/t10?,12-/m0/s1. The molecule has 1 aromatic rings. The molecule has 2 rings (SSSR count). The van der Waals surface area contributed by atoms with E-state index in [1.807, 2.05) is 6.92 Å². The summed E-state index contributed by atoms with van der Waals surface area (Å²) in [6.45, 7) is 2.52. The number of carbonyl (C=O) groups is 1. The van der Waals surface area contributed by atoms with Crippen molar-refractivity contribution in [3.63, 3.8) is 0 Å². The molecule has 2 atom stereocenters. The molecule has 0 radical (unpaired) electrons. The maximum Gasteiger partial charge on any atom is 0.270 e. The molecule has 0 spiro atoms. The van der Waals surface area contributed by atoms with E-state index in [0.29, 0.717) is 23.2 Å². The normalized spacial score (nSPS) is 26.9. The Kier molecular flexibility index (Phi) is 3.98. The summed E-state index contributed by atoms with van der Waals surface area (Å²) >= 11 is 3.26. The molecular formula is C12H13BrN2O4. The number of ether oxygens (including phenoxy) is 1. The quantitative estimate of drug-likeness (QED) is 0.519. The van der Waals surface area contributed by atoms with Gasteiger partial charge in [-0.3, -0.25) is 15.4 Å². The molecule has 1 heterocycles. The number of rotatable bonds is 3. The number of non-ortho nitro benzene ring substituents is 1. The van der Waals surface area contributed by atoms with Crippen LogP contribution < -0.4 is 5.32 Å². The molecule has 1 aliphatic heterocycles. The molecule has 1 unspecified atom stereocenters. The zero-order valence-corrected chi connectivity index (χ0v) is 11.8. The van der Waals surface area contributed by atoms with Gasteiger partial charge in [-0.05, 0) is 18.6 Å². The highest BCUT2D eigenvalue weighted by atomic mass is 79.9. The number of aldehydes is 1. The van der Waals surface area contributed by atoms with Crippen LogP contribution >= 0.6 is 15.9 Å². The van der Waals surface area contributed by atoms with Gasteiger partial charge in [0, 0.05) is 16.6 Å². The highest BCUT2D eigenvalue weighted by Gasteiger charge is 2.34. The van der Waals surface area contributed by atoms with Gasteiger partial charge >= 0.3 is 0 Å². The lowest BCUT2D eigenvalue weighted by atomic mass is 9.90. The van der Waals surface area contributed by atoms with Gasteiger partial charge in [-0.1, -0.05) is 15.9 Å². The van der Waals surface area contributed by atoms with Gasteiger partial charge in [-0.2, -0.15) is 0 Å². The smallest absolute Gasteiger partial charge is 0.270 e. The van der Waals surface area contributed by atoms with Gasteiger partial charge in [0.05, 0.1) is 29.7 Å². The summed E-state index contributed by atoms with van der Waals surface area (Å²) < 4.78 is 6.02. The first kappa shape index (κ1) is 14.1. The van der Waals surface area contributed by atoms with E-state index >= 15 is 0 Å². The Morgan fingerprint density at radius 2 is 2.32 bits per heavy atom.